The van der Waals surface area contributed by atoms with E-state index in [0.717, 1.165) is 31.2 Å². The quantitative estimate of drug-likeness (QED) is 0.782. The molecule has 3 nitrogen and oxygen atoms in total. The van der Waals surface area contributed by atoms with E-state index in [1.165, 1.54) is 5.56 Å². The maximum atomic E-state index is 9.98. The summed E-state index contributed by atoms with van der Waals surface area (Å²) in [7, 11) is 0. The molecule has 1 atom stereocenters. The highest BCUT2D eigenvalue weighted by Gasteiger charge is 2.39. The van der Waals surface area contributed by atoms with Crippen LogP contribution in [0.4, 0.5) is 0 Å². The van der Waals surface area contributed by atoms with Gasteiger partial charge in [-0.1, -0.05) is 12.1 Å². The van der Waals surface area contributed by atoms with E-state index in [-0.39, 0.29) is 11.1 Å². The topological polar surface area (TPSA) is 44.3 Å². The molecule has 1 unspecified atom stereocenters. The lowest BCUT2D eigenvalue weighted by Gasteiger charge is -2.47. The molecule has 0 radical (unpaired) electrons. The molecular formula is C18H28N2O. The van der Waals surface area contributed by atoms with E-state index >= 15 is 0 Å². The van der Waals surface area contributed by atoms with Crippen molar-refractivity contribution in [3.05, 3.63) is 29.3 Å². The normalized spacial score (nSPS) is 27.5. The van der Waals surface area contributed by atoms with Crippen LogP contribution in [-0.4, -0.2) is 22.2 Å². The Labute approximate surface area is 128 Å². The Kier molecular flexibility index (Phi) is 3.53. The number of aromatic hydroxyl groups is 1. The van der Waals surface area contributed by atoms with Gasteiger partial charge in [0.05, 0.1) is 0 Å². The predicted molar refractivity (Wildman–Crippen MR) is 86.6 cm³/mol. The molecule has 3 N–H and O–H groups in total. The van der Waals surface area contributed by atoms with Gasteiger partial charge in [-0.05, 0) is 70.6 Å². The third kappa shape index (κ3) is 3.09. The smallest absolute Gasteiger partial charge is 0.119 e. The van der Waals surface area contributed by atoms with Crippen LogP contribution in [0.1, 0.15) is 64.1 Å². The van der Waals surface area contributed by atoms with E-state index in [9.17, 15) is 5.11 Å². The second-order valence-corrected chi connectivity index (χ2v) is 8.10. The average molecular weight is 288 g/mol. The summed E-state index contributed by atoms with van der Waals surface area (Å²) in [4.78, 5) is 0. The standard InChI is InChI=1S/C18H28N2O/c1-17(2)10-12(11-18(3,4)20-17)19-15-9-8-14-13(15)6-5-7-16(14)21/h5-7,12,15,19-21H,8-11H2,1-4H3. The summed E-state index contributed by atoms with van der Waals surface area (Å²) in [5, 5.41) is 17.6. The third-order valence-corrected chi connectivity index (χ3v) is 4.87. The van der Waals surface area contributed by atoms with Crippen LogP contribution in [0, 0.1) is 0 Å². The van der Waals surface area contributed by atoms with Crippen molar-refractivity contribution in [3.63, 3.8) is 0 Å². The number of piperidine rings is 1. The number of rotatable bonds is 2. The van der Waals surface area contributed by atoms with Crippen LogP contribution in [0.3, 0.4) is 0 Å². The number of phenolic OH excluding ortho intramolecular Hbond substituents is 1. The first kappa shape index (κ1) is 14.9. The molecule has 1 fully saturated rings. The van der Waals surface area contributed by atoms with E-state index < -0.39 is 0 Å². The maximum Gasteiger partial charge on any atom is 0.119 e. The van der Waals surface area contributed by atoms with Crippen molar-refractivity contribution in [1.82, 2.24) is 10.6 Å². The summed E-state index contributed by atoms with van der Waals surface area (Å²) < 4.78 is 0. The van der Waals surface area contributed by atoms with E-state index in [2.05, 4.69) is 44.4 Å². The molecule has 3 rings (SSSR count). The Morgan fingerprint density at radius 3 is 2.48 bits per heavy atom. The van der Waals surface area contributed by atoms with Gasteiger partial charge < -0.3 is 15.7 Å². The zero-order chi connectivity index (χ0) is 15.3. The van der Waals surface area contributed by atoms with Crippen LogP contribution in [0.2, 0.25) is 0 Å². The second kappa shape index (κ2) is 4.99. The molecule has 2 aliphatic rings. The number of benzene rings is 1. The van der Waals surface area contributed by atoms with Crippen molar-refractivity contribution in [3.8, 4) is 5.75 Å². The minimum absolute atomic E-state index is 0.166. The SMILES string of the molecule is CC1(C)CC(NC2CCc3c(O)cccc32)CC(C)(C)N1. The molecule has 1 aromatic rings. The van der Waals surface area contributed by atoms with Crippen molar-refractivity contribution in [2.45, 2.75) is 76.5 Å². The van der Waals surface area contributed by atoms with Crippen LogP contribution in [0.15, 0.2) is 18.2 Å². The molecule has 0 aromatic heterocycles. The lowest BCUT2D eigenvalue weighted by Crippen LogP contribution is -2.61. The molecule has 0 spiro atoms. The minimum Gasteiger partial charge on any atom is -0.508 e. The van der Waals surface area contributed by atoms with Crippen molar-refractivity contribution in [2.75, 3.05) is 0 Å². The fourth-order valence-electron chi connectivity index (χ4n) is 4.53. The summed E-state index contributed by atoms with van der Waals surface area (Å²) in [5.74, 6) is 0.461. The highest BCUT2D eigenvalue weighted by molar-refractivity contribution is 5.44. The molecule has 1 aliphatic heterocycles. The molecule has 3 heteroatoms. The Morgan fingerprint density at radius 2 is 1.81 bits per heavy atom. The van der Waals surface area contributed by atoms with Gasteiger partial charge in [0.15, 0.2) is 0 Å². The lowest BCUT2D eigenvalue weighted by molar-refractivity contribution is 0.139. The van der Waals surface area contributed by atoms with Crippen molar-refractivity contribution in [1.29, 1.82) is 0 Å². The fourth-order valence-corrected chi connectivity index (χ4v) is 4.53. The molecule has 1 heterocycles. The summed E-state index contributed by atoms with van der Waals surface area (Å²) in [6.45, 7) is 9.15. The molecule has 0 amide bonds. The maximum absolute atomic E-state index is 9.98. The van der Waals surface area contributed by atoms with Crippen LogP contribution in [0.25, 0.3) is 0 Å². The summed E-state index contributed by atoms with van der Waals surface area (Å²) in [6, 6.07) is 6.84. The Hall–Kier alpha value is -1.06. The summed E-state index contributed by atoms with van der Waals surface area (Å²) in [5.41, 5.74) is 2.77. The molecule has 1 saturated heterocycles. The largest absolute Gasteiger partial charge is 0.508 e. The van der Waals surface area contributed by atoms with Crippen LogP contribution in [-0.2, 0) is 6.42 Å². The average Bonchev–Trinajstić information content (AvgIpc) is 2.70. The predicted octanol–water partition coefficient (Wildman–Crippen LogP) is 3.28. The zero-order valence-corrected chi connectivity index (χ0v) is 13.7. The van der Waals surface area contributed by atoms with E-state index in [1.807, 2.05) is 6.07 Å². The molecule has 116 valence electrons. The van der Waals surface area contributed by atoms with Gasteiger partial charge >= 0.3 is 0 Å². The van der Waals surface area contributed by atoms with Gasteiger partial charge in [-0.15, -0.1) is 0 Å². The minimum atomic E-state index is 0.166. The molecule has 1 aliphatic carbocycles. The van der Waals surface area contributed by atoms with Gasteiger partial charge in [0, 0.05) is 23.2 Å². The van der Waals surface area contributed by atoms with E-state index in [0.29, 0.717) is 17.8 Å². The van der Waals surface area contributed by atoms with Crippen LogP contribution >= 0.6 is 0 Å². The van der Waals surface area contributed by atoms with Crippen molar-refractivity contribution >= 4 is 0 Å². The molecule has 1 aromatic carbocycles. The zero-order valence-electron chi connectivity index (χ0n) is 13.7. The van der Waals surface area contributed by atoms with E-state index in [4.69, 9.17) is 0 Å². The molecule has 0 saturated carbocycles. The molecular weight excluding hydrogens is 260 g/mol. The number of nitrogens with one attached hydrogen (secondary N) is 2. The lowest BCUT2D eigenvalue weighted by atomic mass is 9.79. The Bertz CT molecular complexity index is 520. The summed E-state index contributed by atoms with van der Waals surface area (Å²) >= 11 is 0. The van der Waals surface area contributed by atoms with Gasteiger partial charge in [-0.2, -0.15) is 0 Å². The number of hydrogen-bond donors (Lipinski definition) is 3. The monoisotopic (exact) mass is 288 g/mol. The second-order valence-electron chi connectivity index (χ2n) is 8.10. The fraction of sp³-hybridized carbons (Fsp3) is 0.667. The van der Waals surface area contributed by atoms with Gasteiger partial charge in [-0.25, -0.2) is 0 Å². The van der Waals surface area contributed by atoms with Crippen molar-refractivity contribution in [2.24, 2.45) is 0 Å². The van der Waals surface area contributed by atoms with Gasteiger partial charge in [0.2, 0.25) is 0 Å². The Balaban J connectivity index is 1.75. The number of hydrogen-bond acceptors (Lipinski definition) is 3. The summed E-state index contributed by atoms with van der Waals surface area (Å²) in [6.07, 6.45) is 4.36. The van der Waals surface area contributed by atoms with Gasteiger partial charge in [-0.3, -0.25) is 0 Å². The van der Waals surface area contributed by atoms with Crippen LogP contribution in [0.5, 0.6) is 5.75 Å². The third-order valence-electron chi connectivity index (χ3n) is 4.87. The molecule has 0 bridgehead atoms. The van der Waals surface area contributed by atoms with E-state index in [1.54, 1.807) is 6.07 Å². The number of fused-ring (bicyclic) bond motifs is 1. The highest BCUT2D eigenvalue weighted by Crippen LogP contribution is 2.38. The number of phenols is 1. The van der Waals surface area contributed by atoms with Gasteiger partial charge in [0.25, 0.3) is 0 Å². The molecule has 21 heavy (non-hydrogen) atoms. The van der Waals surface area contributed by atoms with Gasteiger partial charge in [0.1, 0.15) is 5.75 Å². The Morgan fingerprint density at radius 1 is 1.14 bits per heavy atom. The van der Waals surface area contributed by atoms with Crippen molar-refractivity contribution < 1.29 is 5.11 Å². The highest BCUT2D eigenvalue weighted by atomic mass is 16.3. The first-order chi connectivity index (χ1) is 9.76. The van der Waals surface area contributed by atoms with Crippen LogP contribution < -0.4 is 10.6 Å². The first-order valence-corrected chi connectivity index (χ1v) is 8.12. The first-order valence-electron chi connectivity index (χ1n) is 8.12.